The molecule has 1 saturated heterocycles. The van der Waals surface area contributed by atoms with Gasteiger partial charge >= 0.3 is 59.1 Å². The Morgan fingerprint density at radius 1 is 1.18 bits per heavy atom. The van der Waals surface area contributed by atoms with Crippen LogP contribution in [0.3, 0.4) is 0 Å². The van der Waals surface area contributed by atoms with E-state index in [0.29, 0.717) is 17.9 Å². The van der Waals surface area contributed by atoms with Crippen molar-refractivity contribution >= 4 is 26.3 Å². The minimum absolute atomic E-state index is 0. The second kappa shape index (κ2) is 16.1. The van der Waals surface area contributed by atoms with Crippen molar-refractivity contribution in [2.24, 2.45) is 11.8 Å². The van der Waals surface area contributed by atoms with Gasteiger partial charge in [-0.05, 0) is 55.2 Å². The Balaban J connectivity index is 0.000000791. The minimum Gasteiger partial charge on any atom is -0.820 e. The second-order valence-corrected chi connectivity index (χ2v) is 10.3. The summed E-state index contributed by atoms with van der Waals surface area (Å²) in [4.78, 5) is 49.0. The first-order valence-electron chi connectivity index (χ1n) is 12.5. The number of piperidine rings is 1. The molecule has 1 aliphatic heterocycles. The number of rotatable bonds is 7. The van der Waals surface area contributed by atoms with Gasteiger partial charge < -0.3 is 35.0 Å². The van der Waals surface area contributed by atoms with Crippen molar-refractivity contribution in [3.05, 3.63) is 41.1 Å². The molecule has 10 nitrogen and oxygen atoms in total. The van der Waals surface area contributed by atoms with Gasteiger partial charge in [0.25, 0.3) is 5.91 Å². The molecule has 3 N–H and O–H groups in total. The number of anilines is 2. The van der Waals surface area contributed by atoms with Crippen LogP contribution in [0.4, 0.5) is 11.8 Å². The van der Waals surface area contributed by atoms with E-state index in [2.05, 4.69) is 26.6 Å². The van der Waals surface area contributed by atoms with Crippen LogP contribution in [-0.4, -0.2) is 47.0 Å². The number of nitrogens with one attached hydrogen (secondary N) is 2. The number of aryl methyl sites for hydroxylation is 1. The van der Waals surface area contributed by atoms with Crippen LogP contribution in [0, 0.1) is 18.8 Å². The van der Waals surface area contributed by atoms with Crippen molar-refractivity contribution in [1.29, 1.82) is 0 Å². The van der Waals surface area contributed by atoms with Crippen LogP contribution >= 0.6 is 8.60 Å². The molecule has 2 aliphatic carbocycles. The fourth-order valence-electron chi connectivity index (χ4n) is 5.13. The van der Waals surface area contributed by atoms with E-state index in [1.807, 2.05) is 19.1 Å². The van der Waals surface area contributed by atoms with E-state index < -0.39 is 8.60 Å². The molecule has 1 aromatic heterocycles. The van der Waals surface area contributed by atoms with Gasteiger partial charge in [0.1, 0.15) is 17.1 Å². The Morgan fingerprint density at radius 2 is 1.84 bits per heavy atom. The molecule has 1 amide bonds. The third kappa shape index (κ3) is 9.54. The number of ether oxygens (including phenoxy) is 1. The minimum atomic E-state index is -3.12. The van der Waals surface area contributed by atoms with Crippen LogP contribution in [0.5, 0.6) is 5.75 Å². The summed E-state index contributed by atoms with van der Waals surface area (Å²) in [5.74, 6) is 3.72. The summed E-state index contributed by atoms with van der Waals surface area (Å²) in [7, 11) is -1.44. The van der Waals surface area contributed by atoms with Gasteiger partial charge in [-0.25, -0.2) is 4.98 Å². The summed E-state index contributed by atoms with van der Waals surface area (Å²) in [5, 5.41) is 6.63. The Labute approximate surface area is 269 Å². The molecule has 5 rings (SSSR count). The van der Waals surface area contributed by atoms with Gasteiger partial charge in [0.05, 0.1) is 7.11 Å². The Bertz CT molecular complexity index is 1050. The predicted octanol–water partition coefficient (Wildman–Crippen LogP) is -4.14. The molecule has 2 aromatic rings. The fourth-order valence-corrected chi connectivity index (χ4v) is 5.13. The number of fused-ring (bicyclic) bond motifs is 1. The van der Waals surface area contributed by atoms with Crippen LogP contribution in [-0.2, 0) is 6.54 Å². The average Bonchev–Trinajstić information content (AvgIpc) is 3.47. The maximum Gasteiger partial charge on any atom is 1.00 e. The molecule has 2 heterocycles. The van der Waals surface area contributed by atoms with E-state index in [-0.39, 0.29) is 71.1 Å². The number of nitrogens with zero attached hydrogens (tertiary/aromatic N) is 3. The van der Waals surface area contributed by atoms with Crippen molar-refractivity contribution < 1.29 is 83.3 Å². The molecular weight excluding hydrogens is 527 g/mol. The Hall–Kier alpha value is -0.520. The number of carbonyl (C=O) groups excluding carboxylic acids is 1. The Morgan fingerprint density at radius 3 is 2.45 bits per heavy atom. The van der Waals surface area contributed by atoms with Crippen LogP contribution in [0.15, 0.2) is 24.4 Å². The quantitative estimate of drug-likeness (QED) is 0.227. The number of hydrogen-bond acceptors (Lipinski definition) is 9. The summed E-state index contributed by atoms with van der Waals surface area (Å²) in [6, 6.07) is 6.37. The number of benzene rings is 1. The predicted molar refractivity (Wildman–Crippen MR) is 134 cm³/mol. The van der Waals surface area contributed by atoms with Crippen molar-refractivity contribution in [2.75, 3.05) is 30.4 Å². The number of methoxy groups -OCH3 is 1. The molecule has 3 aliphatic rings. The molecule has 13 heteroatoms. The summed E-state index contributed by atoms with van der Waals surface area (Å²) in [6.45, 7) is 4.66. The topological polar surface area (TPSA) is 146 Å². The second-order valence-electron chi connectivity index (χ2n) is 9.80. The summed E-state index contributed by atoms with van der Waals surface area (Å²) in [5.41, 5.74) is 2.72. The van der Waals surface area contributed by atoms with Crippen LogP contribution in [0.2, 0.25) is 0 Å². The van der Waals surface area contributed by atoms with Crippen LogP contribution in [0.25, 0.3) is 0 Å². The molecule has 2 unspecified atom stereocenters. The van der Waals surface area contributed by atoms with Gasteiger partial charge in [0.15, 0.2) is 0 Å². The molecule has 0 bridgehead atoms. The van der Waals surface area contributed by atoms with Gasteiger partial charge in [-0.3, -0.25) is 4.79 Å². The van der Waals surface area contributed by atoms with E-state index in [0.717, 1.165) is 60.6 Å². The first kappa shape index (κ1) is 33.7. The van der Waals surface area contributed by atoms with E-state index >= 15 is 0 Å². The van der Waals surface area contributed by atoms with Crippen LogP contribution in [0.1, 0.15) is 60.0 Å². The smallest absolute Gasteiger partial charge is 0.820 e. The monoisotopic (exact) mass is 561 g/mol. The number of amides is 1. The number of aromatic nitrogens is 2. The Kier molecular flexibility index (Phi) is 14.2. The third-order valence-electron chi connectivity index (χ3n) is 7.14. The maximum atomic E-state index is 13.1. The normalized spacial score (nSPS) is 19.8. The molecule has 196 valence electrons. The molecular formula is C25H34N5Na2O5P. The number of carbonyl (C=O) groups is 1. The van der Waals surface area contributed by atoms with Gasteiger partial charge in [-0.15, -0.1) is 0 Å². The zero-order chi connectivity index (χ0) is 25.7. The molecule has 2 atom stereocenters. The third-order valence-corrected chi connectivity index (χ3v) is 7.14. The largest absolute Gasteiger partial charge is 1.00 e. The molecule has 2 saturated carbocycles. The fraction of sp³-hybridized carbons (Fsp3) is 0.560. The first-order valence-corrected chi connectivity index (χ1v) is 13.6. The molecule has 0 spiro atoms. The zero-order valence-electron chi connectivity index (χ0n) is 22.8. The summed E-state index contributed by atoms with van der Waals surface area (Å²) < 4.78 is 5.37. The van der Waals surface area contributed by atoms with E-state index in [9.17, 15) is 4.79 Å². The number of hydrogen-bond donors (Lipinski definition) is 3. The van der Waals surface area contributed by atoms with Gasteiger partial charge in [0, 0.05) is 31.9 Å². The maximum absolute atomic E-state index is 13.1. The molecule has 38 heavy (non-hydrogen) atoms. The summed E-state index contributed by atoms with van der Waals surface area (Å²) in [6.07, 6.45) is 8.76. The van der Waals surface area contributed by atoms with E-state index in [1.54, 1.807) is 13.3 Å². The molecule has 0 radical (unpaired) electrons. The van der Waals surface area contributed by atoms with Crippen molar-refractivity contribution in [1.82, 2.24) is 15.3 Å². The standard InChI is InChI=1S/C25H33N5O2.2Na.HO3P/c1-16-10-17(8-9-22(16)32-2)12-26-23-21(24(31)28-20-6-4-3-5-7-20)13-27-25(29-23)30-14-18-11-19(18)15-30;;;1-4(2)3/h8-10,13,18-20H,3-7,11-12,14-15H2,1-2H3,(H,28,31)(H,26,27,29);;;1H/q;2*+1;-2. The molecule has 1 aromatic carbocycles. The van der Waals surface area contributed by atoms with Gasteiger partial charge in [-0.1, -0.05) is 31.4 Å². The van der Waals surface area contributed by atoms with Crippen molar-refractivity contribution in [3.63, 3.8) is 0 Å². The van der Waals surface area contributed by atoms with E-state index in [1.165, 1.54) is 25.7 Å². The van der Waals surface area contributed by atoms with Gasteiger partial charge in [-0.2, -0.15) is 13.6 Å². The van der Waals surface area contributed by atoms with E-state index in [4.69, 9.17) is 24.4 Å². The van der Waals surface area contributed by atoms with Gasteiger partial charge in [0.2, 0.25) is 5.95 Å². The van der Waals surface area contributed by atoms with Crippen LogP contribution < -0.4 is 89.2 Å². The molecule has 3 fully saturated rings. The average molecular weight is 562 g/mol. The van der Waals surface area contributed by atoms with Crippen molar-refractivity contribution in [3.8, 4) is 5.75 Å². The summed E-state index contributed by atoms with van der Waals surface area (Å²) >= 11 is 0. The zero-order valence-corrected chi connectivity index (χ0v) is 27.7. The SMILES string of the molecule is COc1ccc(CNc2nc(N3CC4CC4C3)ncc2C(=O)NC2CCCCC2)cc1C.[Na+].[Na+].[O-]P([O-])O. The van der Waals surface area contributed by atoms with Crippen molar-refractivity contribution in [2.45, 2.75) is 58.0 Å². The first-order chi connectivity index (χ1) is 17.3.